The first-order valence-corrected chi connectivity index (χ1v) is 8.81. The first-order chi connectivity index (χ1) is 11.2. The summed E-state index contributed by atoms with van der Waals surface area (Å²) in [5.41, 5.74) is 0.181. The van der Waals surface area contributed by atoms with Crippen molar-refractivity contribution in [1.29, 1.82) is 0 Å². The second-order valence-electron chi connectivity index (χ2n) is 5.18. The molecule has 2 rings (SSSR count). The van der Waals surface area contributed by atoms with Gasteiger partial charge in [-0.3, -0.25) is 9.10 Å². The van der Waals surface area contributed by atoms with E-state index in [1.807, 2.05) is 0 Å². The van der Waals surface area contributed by atoms with Crippen LogP contribution in [-0.4, -0.2) is 25.5 Å². The average Bonchev–Trinajstić information content (AvgIpc) is 2.49. The molecule has 24 heavy (non-hydrogen) atoms. The summed E-state index contributed by atoms with van der Waals surface area (Å²) < 4.78 is 40.0. The molecule has 2 aromatic rings. The summed E-state index contributed by atoms with van der Waals surface area (Å²) >= 11 is 5.78. The molecule has 2 aromatic carbocycles. The highest BCUT2D eigenvalue weighted by Crippen LogP contribution is 2.28. The van der Waals surface area contributed by atoms with Crippen LogP contribution in [0.4, 0.5) is 10.1 Å². The standard InChI is InChI=1S/C16H15ClFNO4S/c1-11(10-16(20)21)19(14-6-4-13(18)5-7-14)24(22,23)15-8-2-12(17)3-9-15/h2-9,11H,10H2,1H3,(H,20,21). The Labute approximate surface area is 144 Å². The van der Waals surface area contributed by atoms with Gasteiger partial charge in [-0.05, 0) is 55.5 Å². The largest absolute Gasteiger partial charge is 0.481 e. The SMILES string of the molecule is CC(CC(=O)O)N(c1ccc(F)cc1)S(=O)(=O)c1ccc(Cl)cc1. The zero-order chi connectivity index (χ0) is 17.9. The van der Waals surface area contributed by atoms with Gasteiger partial charge in [0, 0.05) is 5.02 Å². The van der Waals surface area contributed by atoms with E-state index in [2.05, 4.69) is 0 Å². The van der Waals surface area contributed by atoms with Crippen LogP contribution in [0.5, 0.6) is 0 Å². The molecule has 0 saturated heterocycles. The van der Waals surface area contributed by atoms with Crippen LogP contribution >= 0.6 is 11.6 Å². The summed E-state index contributed by atoms with van der Waals surface area (Å²) in [7, 11) is -4.04. The highest BCUT2D eigenvalue weighted by atomic mass is 35.5. The monoisotopic (exact) mass is 371 g/mol. The predicted molar refractivity (Wildman–Crippen MR) is 89.2 cm³/mol. The van der Waals surface area contributed by atoms with Crippen molar-refractivity contribution in [3.05, 3.63) is 59.4 Å². The van der Waals surface area contributed by atoms with Gasteiger partial charge in [0.25, 0.3) is 10.0 Å². The van der Waals surface area contributed by atoms with E-state index >= 15 is 0 Å². The number of halogens is 2. The second kappa shape index (κ2) is 7.19. The molecule has 0 amide bonds. The minimum absolute atomic E-state index is 0.0338. The summed E-state index contributed by atoms with van der Waals surface area (Å²) in [5.74, 6) is -1.66. The second-order valence-corrected chi connectivity index (χ2v) is 7.43. The van der Waals surface area contributed by atoms with Gasteiger partial charge in [0.1, 0.15) is 5.82 Å². The number of hydrogen-bond acceptors (Lipinski definition) is 3. The number of anilines is 1. The summed E-state index contributed by atoms with van der Waals surface area (Å²) in [6.45, 7) is 1.48. The minimum Gasteiger partial charge on any atom is -0.481 e. The number of hydrogen-bond donors (Lipinski definition) is 1. The minimum atomic E-state index is -4.04. The topological polar surface area (TPSA) is 74.7 Å². The van der Waals surface area contributed by atoms with Gasteiger partial charge in [0.2, 0.25) is 0 Å². The van der Waals surface area contributed by atoms with Gasteiger partial charge in [0.05, 0.1) is 23.0 Å². The fourth-order valence-electron chi connectivity index (χ4n) is 2.27. The molecule has 5 nitrogen and oxygen atoms in total. The Bertz CT molecular complexity index is 822. The Morgan fingerprint density at radius 3 is 2.21 bits per heavy atom. The fraction of sp³-hybridized carbons (Fsp3) is 0.188. The van der Waals surface area contributed by atoms with Crippen molar-refractivity contribution in [3.8, 4) is 0 Å². The first kappa shape index (κ1) is 18.2. The zero-order valence-corrected chi connectivity index (χ0v) is 14.3. The van der Waals surface area contributed by atoms with Crippen LogP contribution < -0.4 is 4.31 Å². The van der Waals surface area contributed by atoms with E-state index in [1.54, 1.807) is 0 Å². The van der Waals surface area contributed by atoms with Crippen molar-refractivity contribution in [1.82, 2.24) is 0 Å². The van der Waals surface area contributed by atoms with Gasteiger partial charge in [-0.2, -0.15) is 0 Å². The Hall–Kier alpha value is -2.12. The van der Waals surface area contributed by atoms with E-state index in [9.17, 15) is 17.6 Å². The Kier molecular flexibility index (Phi) is 5.46. The number of benzene rings is 2. The maximum atomic E-state index is 13.1. The van der Waals surface area contributed by atoms with E-state index in [0.29, 0.717) is 5.02 Å². The molecule has 0 aliphatic heterocycles. The summed E-state index contributed by atoms with van der Waals surface area (Å²) in [6.07, 6.45) is -0.399. The quantitative estimate of drug-likeness (QED) is 0.842. The van der Waals surface area contributed by atoms with Crippen molar-refractivity contribution >= 4 is 33.3 Å². The average molecular weight is 372 g/mol. The molecule has 1 unspecified atom stereocenters. The van der Waals surface area contributed by atoms with Crippen LogP contribution in [0.2, 0.25) is 5.02 Å². The maximum absolute atomic E-state index is 13.1. The Balaban J connectivity index is 2.53. The summed E-state index contributed by atoms with van der Waals surface area (Å²) in [5, 5.41) is 9.37. The van der Waals surface area contributed by atoms with Crippen molar-refractivity contribution in [2.24, 2.45) is 0 Å². The van der Waals surface area contributed by atoms with Crippen LogP contribution in [-0.2, 0) is 14.8 Å². The third kappa shape index (κ3) is 4.04. The van der Waals surface area contributed by atoms with Crippen molar-refractivity contribution < 1.29 is 22.7 Å². The molecule has 0 spiro atoms. The smallest absolute Gasteiger partial charge is 0.305 e. The Morgan fingerprint density at radius 2 is 1.71 bits per heavy atom. The third-order valence-electron chi connectivity index (χ3n) is 3.32. The van der Waals surface area contributed by atoms with Crippen LogP contribution in [0.1, 0.15) is 13.3 Å². The van der Waals surface area contributed by atoms with E-state index in [1.165, 1.54) is 43.3 Å². The van der Waals surface area contributed by atoms with Crippen molar-refractivity contribution in [3.63, 3.8) is 0 Å². The molecule has 8 heteroatoms. The first-order valence-electron chi connectivity index (χ1n) is 6.99. The van der Waals surface area contributed by atoms with Crippen molar-refractivity contribution in [2.45, 2.75) is 24.3 Å². The molecule has 0 aliphatic carbocycles. The molecule has 1 N–H and O–H groups in total. The number of sulfonamides is 1. The van der Waals surface area contributed by atoms with Gasteiger partial charge < -0.3 is 5.11 Å². The molecule has 0 aromatic heterocycles. The van der Waals surface area contributed by atoms with Crippen LogP contribution in [0.25, 0.3) is 0 Å². The normalized spacial score (nSPS) is 12.6. The van der Waals surface area contributed by atoms with E-state index < -0.39 is 34.3 Å². The highest BCUT2D eigenvalue weighted by molar-refractivity contribution is 7.92. The van der Waals surface area contributed by atoms with E-state index in [4.69, 9.17) is 16.7 Å². The van der Waals surface area contributed by atoms with Crippen LogP contribution in [0, 0.1) is 5.82 Å². The van der Waals surface area contributed by atoms with Crippen LogP contribution in [0.3, 0.4) is 0 Å². The van der Waals surface area contributed by atoms with E-state index in [-0.39, 0.29) is 10.6 Å². The molecular weight excluding hydrogens is 357 g/mol. The third-order valence-corrected chi connectivity index (χ3v) is 5.53. The molecule has 0 radical (unpaired) electrons. The number of nitrogens with zero attached hydrogens (tertiary/aromatic N) is 1. The molecule has 1 atom stereocenters. The van der Waals surface area contributed by atoms with Crippen molar-refractivity contribution in [2.75, 3.05) is 4.31 Å². The predicted octanol–water partition coefficient (Wildman–Crippen LogP) is 3.54. The molecule has 0 bridgehead atoms. The number of carbonyl (C=O) groups is 1. The molecule has 0 saturated carbocycles. The van der Waals surface area contributed by atoms with Gasteiger partial charge in [-0.15, -0.1) is 0 Å². The number of carboxylic acid groups (broad SMARTS) is 1. The van der Waals surface area contributed by atoms with Gasteiger partial charge in [-0.1, -0.05) is 11.6 Å². The lowest BCUT2D eigenvalue weighted by molar-refractivity contribution is -0.137. The van der Waals surface area contributed by atoms with Gasteiger partial charge in [-0.25, -0.2) is 12.8 Å². The van der Waals surface area contributed by atoms with Crippen LogP contribution in [0.15, 0.2) is 53.4 Å². The molecule has 0 aliphatic rings. The summed E-state index contributed by atoms with van der Waals surface area (Å²) in [6, 6.07) is 9.48. The zero-order valence-electron chi connectivity index (χ0n) is 12.7. The fourth-order valence-corrected chi connectivity index (χ4v) is 4.05. The molecular formula is C16H15ClFNO4S. The molecule has 0 heterocycles. The van der Waals surface area contributed by atoms with Gasteiger partial charge >= 0.3 is 5.97 Å². The maximum Gasteiger partial charge on any atom is 0.305 e. The van der Waals surface area contributed by atoms with E-state index in [0.717, 1.165) is 16.4 Å². The Morgan fingerprint density at radius 1 is 1.17 bits per heavy atom. The van der Waals surface area contributed by atoms with Gasteiger partial charge in [0.15, 0.2) is 0 Å². The number of aliphatic carboxylic acids is 1. The number of carboxylic acids is 1. The summed E-state index contributed by atoms with van der Waals surface area (Å²) in [4.78, 5) is 11.0. The number of rotatable bonds is 6. The molecule has 0 fully saturated rings. The highest BCUT2D eigenvalue weighted by Gasteiger charge is 2.30. The lowest BCUT2D eigenvalue weighted by Crippen LogP contribution is -2.40. The lowest BCUT2D eigenvalue weighted by Gasteiger charge is -2.29. The molecule has 128 valence electrons. The lowest BCUT2D eigenvalue weighted by atomic mass is 10.2.